The maximum absolute atomic E-state index is 12.1. The molecule has 0 aliphatic carbocycles. The zero-order chi connectivity index (χ0) is 17.8. The van der Waals surface area contributed by atoms with E-state index < -0.39 is 5.97 Å². The zero-order valence-electron chi connectivity index (χ0n) is 13.9. The molecule has 2 aromatic heterocycles. The van der Waals surface area contributed by atoms with Gasteiger partial charge in [0, 0.05) is 17.2 Å². The Morgan fingerprint density at radius 1 is 1.28 bits per heavy atom. The van der Waals surface area contributed by atoms with Gasteiger partial charge in [0.2, 0.25) is 5.88 Å². The van der Waals surface area contributed by atoms with Crippen molar-refractivity contribution in [1.82, 2.24) is 9.78 Å². The van der Waals surface area contributed by atoms with E-state index in [1.165, 1.54) is 6.08 Å². The van der Waals surface area contributed by atoms with Gasteiger partial charge in [-0.3, -0.25) is 0 Å². The molecular weight excluding hydrogens is 340 g/mol. The Morgan fingerprint density at radius 3 is 2.80 bits per heavy atom. The molecule has 2 heterocycles. The number of benzene rings is 1. The number of ether oxygens (including phenoxy) is 1. The zero-order valence-corrected chi connectivity index (χ0v) is 14.7. The van der Waals surface area contributed by atoms with Crippen LogP contribution in [0.25, 0.3) is 6.08 Å². The predicted octanol–water partition coefficient (Wildman–Crippen LogP) is 4.41. The molecule has 1 aromatic carbocycles. The molecule has 0 saturated heterocycles. The Hall–Kier alpha value is -2.79. The Labute approximate surface area is 150 Å². The molecule has 6 heteroatoms. The summed E-state index contributed by atoms with van der Waals surface area (Å²) in [5.41, 5.74) is 1.65. The third kappa shape index (κ3) is 4.39. The average Bonchev–Trinajstić information content (AvgIpc) is 3.13. The van der Waals surface area contributed by atoms with Crippen LogP contribution in [0.3, 0.4) is 0 Å². The number of carbonyl (C=O) groups is 1. The van der Waals surface area contributed by atoms with E-state index in [4.69, 9.17) is 20.8 Å². The van der Waals surface area contributed by atoms with Crippen molar-refractivity contribution in [3.63, 3.8) is 0 Å². The largest absolute Gasteiger partial charge is 0.462 e. The molecule has 0 spiro atoms. The molecule has 0 radical (unpaired) electrons. The lowest BCUT2D eigenvalue weighted by atomic mass is 10.2. The molecule has 0 bridgehead atoms. The van der Waals surface area contributed by atoms with Gasteiger partial charge in [-0.15, -0.1) is 0 Å². The number of halogens is 1. The van der Waals surface area contributed by atoms with Crippen LogP contribution in [0.15, 0.2) is 53.0 Å². The van der Waals surface area contributed by atoms with Gasteiger partial charge in [-0.25, -0.2) is 9.48 Å². The van der Waals surface area contributed by atoms with E-state index in [0.29, 0.717) is 23.2 Å². The summed E-state index contributed by atoms with van der Waals surface area (Å²) in [4.78, 5) is 12.1. The maximum atomic E-state index is 12.1. The van der Waals surface area contributed by atoms with E-state index >= 15 is 0 Å². The fraction of sp³-hybridized carbons (Fsp3) is 0.158. The fourth-order valence-corrected chi connectivity index (χ4v) is 2.53. The van der Waals surface area contributed by atoms with Crippen LogP contribution in [0.1, 0.15) is 22.8 Å². The number of carbonyl (C=O) groups excluding carboxylic acids is 1. The summed E-state index contributed by atoms with van der Waals surface area (Å²) in [7, 11) is 0. The Bertz CT molecular complexity index is 924. The van der Waals surface area contributed by atoms with E-state index in [1.807, 2.05) is 44.2 Å². The summed E-state index contributed by atoms with van der Waals surface area (Å²) in [6, 6.07) is 12.8. The van der Waals surface area contributed by atoms with Crippen molar-refractivity contribution in [2.75, 3.05) is 0 Å². The Kier molecular flexibility index (Phi) is 5.05. The Morgan fingerprint density at radius 2 is 2.08 bits per heavy atom. The normalized spacial score (nSPS) is 11.2. The van der Waals surface area contributed by atoms with E-state index in [-0.39, 0.29) is 0 Å². The van der Waals surface area contributed by atoms with Crippen molar-refractivity contribution in [2.45, 2.75) is 20.4 Å². The van der Waals surface area contributed by atoms with Gasteiger partial charge in [0.05, 0.1) is 12.2 Å². The molecule has 5 nitrogen and oxygen atoms in total. The molecule has 0 aliphatic rings. The second-order valence-electron chi connectivity index (χ2n) is 5.58. The van der Waals surface area contributed by atoms with Crippen molar-refractivity contribution in [3.8, 4) is 5.88 Å². The van der Waals surface area contributed by atoms with Crippen molar-refractivity contribution >= 4 is 23.6 Å². The van der Waals surface area contributed by atoms with Gasteiger partial charge in [-0.1, -0.05) is 29.8 Å². The minimum absolute atomic E-state index is 0.364. The maximum Gasteiger partial charge on any atom is 0.337 e. The van der Waals surface area contributed by atoms with Crippen LogP contribution in [0, 0.1) is 13.8 Å². The molecule has 0 unspecified atom stereocenters. The van der Waals surface area contributed by atoms with Crippen molar-refractivity contribution < 1.29 is 13.9 Å². The smallest absolute Gasteiger partial charge is 0.337 e. The number of hydrogen-bond acceptors (Lipinski definition) is 4. The minimum Gasteiger partial charge on any atom is -0.462 e. The molecule has 128 valence electrons. The highest BCUT2D eigenvalue weighted by atomic mass is 35.5. The van der Waals surface area contributed by atoms with E-state index in [1.54, 1.807) is 22.9 Å². The van der Waals surface area contributed by atoms with Gasteiger partial charge in [0.25, 0.3) is 0 Å². The van der Waals surface area contributed by atoms with Crippen molar-refractivity contribution in [2.24, 2.45) is 0 Å². The molecule has 0 fully saturated rings. The molecule has 0 N–H and O–H groups in total. The quantitative estimate of drug-likeness (QED) is 0.501. The lowest BCUT2D eigenvalue weighted by Gasteiger charge is -2.08. The second-order valence-corrected chi connectivity index (χ2v) is 5.98. The van der Waals surface area contributed by atoms with Crippen LogP contribution in [-0.2, 0) is 11.3 Å². The summed E-state index contributed by atoms with van der Waals surface area (Å²) in [6.45, 7) is 4.09. The molecule has 25 heavy (non-hydrogen) atoms. The number of hydrogen-bond donors (Lipinski definition) is 0. The summed E-state index contributed by atoms with van der Waals surface area (Å²) in [5, 5.41) is 5.00. The average molecular weight is 357 g/mol. The van der Waals surface area contributed by atoms with Gasteiger partial charge in [-0.2, -0.15) is 5.10 Å². The van der Waals surface area contributed by atoms with E-state index in [2.05, 4.69) is 5.10 Å². The van der Waals surface area contributed by atoms with E-state index in [0.717, 1.165) is 17.0 Å². The van der Waals surface area contributed by atoms with Crippen LogP contribution < -0.4 is 4.74 Å². The lowest BCUT2D eigenvalue weighted by molar-refractivity contribution is -0.129. The first-order valence-electron chi connectivity index (χ1n) is 7.75. The summed E-state index contributed by atoms with van der Waals surface area (Å²) < 4.78 is 12.4. The highest BCUT2D eigenvalue weighted by Gasteiger charge is 2.12. The number of rotatable bonds is 5. The van der Waals surface area contributed by atoms with Gasteiger partial charge in [-0.05, 0) is 43.7 Å². The molecular formula is C19H17ClN2O3. The van der Waals surface area contributed by atoms with Crippen LogP contribution in [0.4, 0.5) is 0 Å². The monoisotopic (exact) mass is 356 g/mol. The van der Waals surface area contributed by atoms with E-state index in [9.17, 15) is 4.79 Å². The van der Waals surface area contributed by atoms with Gasteiger partial charge >= 0.3 is 5.97 Å². The van der Waals surface area contributed by atoms with Crippen LogP contribution in [0.2, 0.25) is 5.02 Å². The molecule has 0 amide bonds. The third-order valence-electron chi connectivity index (χ3n) is 3.49. The van der Waals surface area contributed by atoms with Crippen molar-refractivity contribution in [3.05, 3.63) is 76.3 Å². The standard InChI is InChI=1S/C19H17ClN2O3/c1-13-11-18(22(21-13)12-15-5-3-4-6-17(15)20)25-19(23)10-9-16-8-7-14(2)24-16/h3-11H,12H2,1-2H3. The molecule has 3 aromatic rings. The number of esters is 1. The molecule has 3 rings (SSSR count). The highest BCUT2D eigenvalue weighted by Crippen LogP contribution is 2.20. The third-order valence-corrected chi connectivity index (χ3v) is 3.86. The number of furan rings is 1. The summed E-state index contributed by atoms with van der Waals surface area (Å²) in [5.74, 6) is 1.23. The summed E-state index contributed by atoms with van der Waals surface area (Å²) >= 11 is 6.19. The molecule has 0 aliphatic heterocycles. The number of nitrogens with zero attached hydrogens (tertiary/aromatic N) is 2. The first kappa shape index (κ1) is 17.0. The fourth-order valence-electron chi connectivity index (χ4n) is 2.34. The second kappa shape index (κ2) is 7.40. The van der Waals surface area contributed by atoms with Gasteiger partial charge < -0.3 is 9.15 Å². The SMILES string of the molecule is Cc1cc(OC(=O)C=Cc2ccc(C)o2)n(Cc2ccccc2Cl)n1. The van der Waals surface area contributed by atoms with Gasteiger partial charge in [0.1, 0.15) is 11.5 Å². The highest BCUT2D eigenvalue weighted by molar-refractivity contribution is 6.31. The predicted molar refractivity (Wildman–Crippen MR) is 95.6 cm³/mol. The van der Waals surface area contributed by atoms with Crippen LogP contribution >= 0.6 is 11.6 Å². The first-order valence-corrected chi connectivity index (χ1v) is 8.13. The Balaban J connectivity index is 1.73. The summed E-state index contributed by atoms with van der Waals surface area (Å²) in [6.07, 6.45) is 2.89. The van der Waals surface area contributed by atoms with Crippen molar-refractivity contribution in [1.29, 1.82) is 0 Å². The first-order chi connectivity index (χ1) is 12.0. The van der Waals surface area contributed by atoms with Crippen LogP contribution in [-0.4, -0.2) is 15.7 Å². The number of aryl methyl sites for hydroxylation is 2. The molecule has 0 saturated carbocycles. The lowest BCUT2D eigenvalue weighted by Crippen LogP contribution is -2.10. The minimum atomic E-state index is -0.505. The molecule has 0 atom stereocenters. The number of aromatic nitrogens is 2. The van der Waals surface area contributed by atoms with Gasteiger partial charge in [0.15, 0.2) is 0 Å². The topological polar surface area (TPSA) is 57.3 Å². The van der Waals surface area contributed by atoms with Crippen LogP contribution in [0.5, 0.6) is 5.88 Å².